The molecule has 1 amide bonds. The molecule has 0 aliphatic carbocycles. The number of azide groups is 1. The Morgan fingerprint density at radius 1 is 1.58 bits per heavy atom. The van der Waals surface area contributed by atoms with Gasteiger partial charge in [0, 0.05) is 16.3 Å². The number of aromatic nitrogens is 3. The number of carbonyl (C=O) groups is 1. The molecule has 9 heteroatoms. The molecule has 0 spiro atoms. The molecule has 0 saturated carbocycles. The van der Waals surface area contributed by atoms with Crippen molar-refractivity contribution in [2.24, 2.45) is 5.11 Å². The zero-order chi connectivity index (χ0) is 13.5. The van der Waals surface area contributed by atoms with Gasteiger partial charge in [0.25, 0.3) is 5.91 Å². The first kappa shape index (κ1) is 13.1. The molecule has 0 saturated heterocycles. The Balaban J connectivity index is 1.82. The third-order valence-corrected chi connectivity index (χ3v) is 3.34. The fourth-order valence-corrected chi connectivity index (χ4v) is 2.25. The molecule has 98 valence electrons. The van der Waals surface area contributed by atoms with Gasteiger partial charge in [-0.3, -0.25) is 9.48 Å². The zero-order valence-electron chi connectivity index (χ0n) is 9.93. The molecule has 1 N–H and O–H groups in total. The third-order valence-electron chi connectivity index (χ3n) is 2.27. The van der Waals surface area contributed by atoms with E-state index in [4.69, 9.17) is 5.53 Å². The molecule has 0 unspecified atom stereocenters. The van der Waals surface area contributed by atoms with E-state index in [1.807, 2.05) is 0 Å². The second-order valence-electron chi connectivity index (χ2n) is 3.57. The van der Waals surface area contributed by atoms with Gasteiger partial charge in [0.2, 0.25) is 0 Å². The van der Waals surface area contributed by atoms with Crippen molar-refractivity contribution < 1.29 is 4.79 Å². The minimum absolute atomic E-state index is 0.141. The smallest absolute Gasteiger partial charge is 0.261 e. The Bertz CT molecular complexity index is 585. The standard InChI is InChI=1S/C10H11N7OS/c11-16-14-5-8-1-2-9(19-8)10(18)13-3-4-17-7-12-6-15-17/h1-2,6-7H,3-5H2,(H,13,18). The van der Waals surface area contributed by atoms with Gasteiger partial charge in [-0.2, -0.15) is 5.10 Å². The molecule has 0 fully saturated rings. The Labute approximate surface area is 112 Å². The first-order chi connectivity index (χ1) is 9.29. The van der Waals surface area contributed by atoms with E-state index in [0.717, 1.165) is 4.88 Å². The van der Waals surface area contributed by atoms with Crippen molar-refractivity contribution in [3.8, 4) is 0 Å². The SMILES string of the molecule is [N-]=[N+]=NCc1ccc(C(=O)NCCn2cncn2)s1. The van der Waals surface area contributed by atoms with Gasteiger partial charge in [0.15, 0.2) is 0 Å². The molecule has 0 aliphatic rings. The van der Waals surface area contributed by atoms with Crippen LogP contribution in [0.2, 0.25) is 0 Å². The predicted molar refractivity (Wildman–Crippen MR) is 69.5 cm³/mol. The van der Waals surface area contributed by atoms with E-state index in [1.165, 1.54) is 17.7 Å². The van der Waals surface area contributed by atoms with Crippen LogP contribution in [0.1, 0.15) is 14.5 Å². The molecular weight excluding hydrogens is 266 g/mol. The highest BCUT2D eigenvalue weighted by Crippen LogP contribution is 2.17. The van der Waals surface area contributed by atoms with Crippen molar-refractivity contribution in [1.29, 1.82) is 0 Å². The molecular formula is C10H11N7OS. The maximum absolute atomic E-state index is 11.8. The molecule has 0 aromatic carbocycles. The van der Waals surface area contributed by atoms with Gasteiger partial charge >= 0.3 is 0 Å². The summed E-state index contributed by atoms with van der Waals surface area (Å²) >= 11 is 1.32. The van der Waals surface area contributed by atoms with Crippen molar-refractivity contribution in [3.63, 3.8) is 0 Å². The van der Waals surface area contributed by atoms with Crippen LogP contribution in [0.15, 0.2) is 29.9 Å². The number of thiophene rings is 1. The molecule has 2 heterocycles. The fraction of sp³-hybridized carbons (Fsp3) is 0.300. The largest absolute Gasteiger partial charge is 0.349 e. The summed E-state index contributed by atoms with van der Waals surface area (Å²) in [5.74, 6) is -0.141. The molecule has 0 atom stereocenters. The van der Waals surface area contributed by atoms with Gasteiger partial charge in [-0.05, 0) is 17.7 Å². The average Bonchev–Trinajstić information content (AvgIpc) is 3.07. The molecule has 2 aromatic rings. The third kappa shape index (κ3) is 3.80. The molecule has 0 aliphatic heterocycles. The number of amides is 1. The number of hydrogen-bond acceptors (Lipinski definition) is 5. The van der Waals surface area contributed by atoms with Crippen LogP contribution in [0, 0.1) is 0 Å². The van der Waals surface area contributed by atoms with Crippen molar-refractivity contribution in [2.75, 3.05) is 6.54 Å². The van der Waals surface area contributed by atoms with Crippen LogP contribution in [0.3, 0.4) is 0 Å². The van der Waals surface area contributed by atoms with Crippen LogP contribution in [0.25, 0.3) is 10.4 Å². The van der Waals surface area contributed by atoms with Gasteiger partial charge in [-0.15, -0.1) is 11.3 Å². The highest BCUT2D eigenvalue weighted by Gasteiger charge is 2.08. The topological polar surface area (TPSA) is 109 Å². The molecule has 19 heavy (non-hydrogen) atoms. The second kappa shape index (κ2) is 6.53. The van der Waals surface area contributed by atoms with E-state index in [9.17, 15) is 4.79 Å². The summed E-state index contributed by atoms with van der Waals surface area (Å²) in [6, 6.07) is 3.50. The molecule has 2 aromatic heterocycles. The Kier molecular flexibility index (Phi) is 4.49. The van der Waals surface area contributed by atoms with E-state index in [1.54, 1.807) is 23.1 Å². The van der Waals surface area contributed by atoms with Crippen LogP contribution in [0.4, 0.5) is 0 Å². The van der Waals surface area contributed by atoms with Crippen LogP contribution in [0.5, 0.6) is 0 Å². The fourth-order valence-electron chi connectivity index (χ4n) is 1.41. The lowest BCUT2D eigenvalue weighted by Gasteiger charge is -2.02. The lowest BCUT2D eigenvalue weighted by molar-refractivity contribution is 0.0956. The summed E-state index contributed by atoms with van der Waals surface area (Å²) in [5, 5.41) is 10.2. The number of hydrogen-bond donors (Lipinski definition) is 1. The molecule has 2 rings (SSSR count). The lowest BCUT2D eigenvalue weighted by atomic mass is 10.4. The van der Waals surface area contributed by atoms with Crippen LogP contribution in [-0.2, 0) is 13.1 Å². The second-order valence-corrected chi connectivity index (χ2v) is 4.74. The van der Waals surface area contributed by atoms with E-state index in [0.29, 0.717) is 18.0 Å². The first-order valence-corrected chi connectivity index (χ1v) is 6.31. The van der Waals surface area contributed by atoms with E-state index in [-0.39, 0.29) is 12.5 Å². The zero-order valence-corrected chi connectivity index (χ0v) is 10.7. The Morgan fingerprint density at radius 2 is 2.47 bits per heavy atom. The van der Waals surface area contributed by atoms with Crippen molar-refractivity contribution >= 4 is 17.2 Å². The Morgan fingerprint density at radius 3 is 3.21 bits per heavy atom. The van der Waals surface area contributed by atoms with Crippen molar-refractivity contribution in [3.05, 3.63) is 45.0 Å². The number of carbonyl (C=O) groups excluding carboxylic acids is 1. The van der Waals surface area contributed by atoms with Gasteiger partial charge in [-0.25, -0.2) is 4.98 Å². The summed E-state index contributed by atoms with van der Waals surface area (Å²) in [5.41, 5.74) is 8.22. The van der Waals surface area contributed by atoms with E-state index < -0.39 is 0 Å². The van der Waals surface area contributed by atoms with Crippen molar-refractivity contribution in [2.45, 2.75) is 13.1 Å². The minimum Gasteiger partial charge on any atom is -0.349 e. The summed E-state index contributed by atoms with van der Waals surface area (Å²) in [7, 11) is 0. The molecule has 0 radical (unpaired) electrons. The van der Waals surface area contributed by atoms with Gasteiger partial charge in [-0.1, -0.05) is 5.11 Å². The highest BCUT2D eigenvalue weighted by atomic mass is 32.1. The van der Waals surface area contributed by atoms with Crippen LogP contribution < -0.4 is 5.32 Å². The number of nitrogens with zero attached hydrogens (tertiary/aromatic N) is 6. The molecule has 8 nitrogen and oxygen atoms in total. The number of nitrogens with one attached hydrogen (secondary N) is 1. The highest BCUT2D eigenvalue weighted by molar-refractivity contribution is 7.14. The number of rotatable bonds is 6. The van der Waals surface area contributed by atoms with Crippen LogP contribution in [-0.4, -0.2) is 27.2 Å². The summed E-state index contributed by atoms with van der Waals surface area (Å²) in [6.07, 6.45) is 3.04. The van der Waals surface area contributed by atoms with Gasteiger partial charge in [0.05, 0.1) is 18.0 Å². The maximum Gasteiger partial charge on any atom is 0.261 e. The monoisotopic (exact) mass is 277 g/mol. The summed E-state index contributed by atoms with van der Waals surface area (Å²) in [4.78, 5) is 19.8. The van der Waals surface area contributed by atoms with Crippen molar-refractivity contribution in [1.82, 2.24) is 20.1 Å². The van der Waals surface area contributed by atoms with Crippen LogP contribution >= 0.6 is 11.3 Å². The predicted octanol–water partition coefficient (Wildman–Crippen LogP) is 1.58. The van der Waals surface area contributed by atoms with E-state index in [2.05, 4.69) is 25.4 Å². The normalized spacial score (nSPS) is 9.89. The summed E-state index contributed by atoms with van der Waals surface area (Å²) in [6.45, 7) is 1.32. The Hall–Kier alpha value is -2.38. The summed E-state index contributed by atoms with van der Waals surface area (Å²) < 4.78 is 1.64. The average molecular weight is 277 g/mol. The lowest BCUT2D eigenvalue weighted by Crippen LogP contribution is -2.26. The van der Waals surface area contributed by atoms with Gasteiger partial charge in [0.1, 0.15) is 12.7 Å². The van der Waals surface area contributed by atoms with Gasteiger partial charge < -0.3 is 5.32 Å². The van der Waals surface area contributed by atoms with E-state index >= 15 is 0 Å². The first-order valence-electron chi connectivity index (χ1n) is 5.50. The molecule has 0 bridgehead atoms. The quantitative estimate of drug-likeness (QED) is 0.491. The maximum atomic E-state index is 11.8. The minimum atomic E-state index is -0.141.